The van der Waals surface area contributed by atoms with E-state index in [1.54, 1.807) is 6.07 Å². The lowest BCUT2D eigenvalue weighted by Crippen LogP contribution is -2.06. The number of nitro groups is 1. The molecule has 1 aromatic carbocycles. The Hall–Kier alpha value is -2.48. The van der Waals surface area contributed by atoms with Crippen LogP contribution in [0.4, 0.5) is 26.0 Å². The number of pyridine rings is 1. The Labute approximate surface area is 122 Å². The Morgan fingerprint density at radius 3 is 2.67 bits per heavy atom. The van der Waals surface area contributed by atoms with Crippen molar-refractivity contribution in [2.45, 2.75) is 6.61 Å². The smallest absolute Gasteiger partial charge is 0.387 e. The van der Waals surface area contributed by atoms with Crippen molar-refractivity contribution in [3.63, 3.8) is 0 Å². The highest BCUT2D eigenvalue weighted by molar-refractivity contribution is 6.29. The van der Waals surface area contributed by atoms with E-state index in [-0.39, 0.29) is 28.1 Å². The Bertz CT molecular complexity index is 670. The molecule has 0 atom stereocenters. The van der Waals surface area contributed by atoms with Crippen molar-refractivity contribution in [2.24, 2.45) is 0 Å². The molecule has 0 amide bonds. The lowest BCUT2D eigenvalue weighted by Gasteiger charge is -2.12. The van der Waals surface area contributed by atoms with Crippen LogP contribution >= 0.6 is 11.6 Å². The summed E-state index contributed by atoms with van der Waals surface area (Å²) in [5, 5.41) is 13.5. The first-order valence-electron chi connectivity index (χ1n) is 5.59. The zero-order chi connectivity index (χ0) is 15.4. The molecule has 9 heteroatoms. The number of nitrogens with zero attached hydrogens (tertiary/aromatic N) is 2. The third-order valence-electron chi connectivity index (χ3n) is 2.39. The van der Waals surface area contributed by atoms with E-state index in [4.69, 9.17) is 11.6 Å². The van der Waals surface area contributed by atoms with Gasteiger partial charge < -0.3 is 10.1 Å². The zero-order valence-electron chi connectivity index (χ0n) is 10.3. The van der Waals surface area contributed by atoms with Crippen LogP contribution in [0.25, 0.3) is 0 Å². The maximum atomic E-state index is 12.3. The molecule has 0 bridgehead atoms. The van der Waals surface area contributed by atoms with Gasteiger partial charge in [-0.25, -0.2) is 4.98 Å². The highest BCUT2D eigenvalue weighted by Gasteiger charge is 2.18. The van der Waals surface area contributed by atoms with Gasteiger partial charge in [-0.15, -0.1) is 0 Å². The fourth-order valence-electron chi connectivity index (χ4n) is 1.56. The van der Waals surface area contributed by atoms with Gasteiger partial charge in [0.1, 0.15) is 10.9 Å². The highest BCUT2D eigenvalue weighted by Crippen LogP contribution is 2.32. The van der Waals surface area contributed by atoms with Gasteiger partial charge in [-0.3, -0.25) is 10.1 Å². The first-order valence-corrected chi connectivity index (χ1v) is 5.97. The fourth-order valence-corrected chi connectivity index (χ4v) is 1.71. The predicted molar refractivity (Wildman–Crippen MR) is 72.3 cm³/mol. The van der Waals surface area contributed by atoms with Crippen molar-refractivity contribution in [2.75, 3.05) is 5.32 Å². The second-order valence-corrected chi connectivity index (χ2v) is 4.15. The number of ether oxygens (including phenoxy) is 1. The molecule has 110 valence electrons. The van der Waals surface area contributed by atoms with Crippen molar-refractivity contribution in [3.05, 3.63) is 51.7 Å². The molecule has 21 heavy (non-hydrogen) atoms. The predicted octanol–water partition coefficient (Wildman–Crippen LogP) is 3.99. The number of nitrogens with one attached hydrogen (secondary N) is 1. The van der Waals surface area contributed by atoms with Crippen molar-refractivity contribution in [3.8, 4) is 5.75 Å². The molecule has 0 fully saturated rings. The van der Waals surface area contributed by atoms with Gasteiger partial charge >= 0.3 is 12.3 Å². The van der Waals surface area contributed by atoms with Gasteiger partial charge in [0.05, 0.1) is 10.6 Å². The van der Waals surface area contributed by atoms with Gasteiger partial charge in [-0.1, -0.05) is 23.7 Å². The molecule has 0 aliphatic rings. The first kappa shape index (κ1) is 14.9. The number of halogens is 3. The summed E-state index contributed by atoms with van der Waals surface area (Å²) in [6, 6.07) is 8.18. The summed E-state index contributed by atoms with van der Waals surface area (Å²) in [5.41, 5.74) is -0.234. The van der Waals surface area contributed by atoms with Gasteiger partial charge in [0.15, 0.2) is 0 Å². The number of para-hydroxylation sites is 2. The molecule has 0 unspecified atom stereocenters. The fraction of sp³-hybridized carbons (Fsp3) is 0.0833. The van der Waals surface area contributed by atoms with E-state index in [1.165, 1.54) is 24.3 Å². The molecular weight excluding hydrogens is 308 g/mol. The third-order valence-corrected chi connectivity index (χ3v) is 2.60. The Morgan fingerprint density at radius 1 is 1.29 bits per heavy atom. The van der Waals surface area contributed by atoms with Crippen molar-refractivity contribution < 1.29 is 18.4 Å². The van der Waals surface area contributed by atoms with Crippen LogP contribution in [-0.4, -0.2) is 16.5 Å². The van der Waals surface area contributed by atoms with E-state index < -0.39 is 11.5 Å². The quantitative estimate of drug-likeness (QED) is 0.513. The van der Waals surface area contributed by atoms with E-state index in [0.29, 0.717) is 0 Å². The summed E-state index contributed by atoms with van der Waals surface area (Å²) in [5.74, 6) is -0.332. The van der Waals surface area contributed by atoms with E-state index in [2.05, 4.69) is 15.0 Å². The number of aromatic nitrogens is 1. The second kappa shape index (κ2) is 6.31. The van der Waals surface area contributed by atoms with Crippen LogP contribution in [0.5, 0.6) is 5.75 Å². The summed E-state index contributed by atoms with van der Waals surface area (Å²) in [6.45, 7) is -3.02. The Balaban J connectivity index is 2.38. The van der Waals surface area contributed by atoms with Crippen LogP contribution in [0.15, 0.2) is 36.4 Å². The van der Waals surface area contributed by atoms with Gasteiger partial charge in [-0.05, 0) is 18.2 Å². The van der Waals surface area contributed by atoms with Gasteiger partial charge in [0.2, 0.25) is 5.82 Å². The van der Waals surface area contributed by atoms with Crippen LogP contribution < -0.4 is 10.1 Å². The lowest BCUT2D eigenvalue weighted by molar-refractivity contribution is -0.384. The summed E-state index contributed by atoms with van der Waals surface area (Å²) in [6.07, 6.45) is 0. The standard InChI is InChI=1S/C12H8ClF2N3O3/c13-10-6-5-8(18(19)20)11(17-10)16-7-3-1-2-4-9(7)21-12(14)15/h1-6,12H,(H,16,17). The maximum Gasteiger partial charge on any atom is 0.387 e. The molecule has 0 saturated heterocycles. The molecule has 1 N–H and O–H groups in total. The van der Waals surface area contributed by atoms with Crippen molar-refractivity contribution in [1.82, 2.24) is 4.98 Å². The largest absolute Gasteiger partial charge is 0.433 e. The molecule has 1 aromatic heterocycles. The van der Waals surface area contributed by atoms with E-state index in [1.807, 2.05) is 0 Å². The SMILES string of the molecule is O=[N+]([O-])c1ccc(Cl)nc1Nc1ccccc1OC(F)F. The van der Waals surface area contributed by atoms with Crippen molar-refractivity contribution in [1.29, 1.82) is 0 Å². The van der Waals surface area contributed by atoms with Crippen LogP contribution in [0.2, 0.25) is 5.15 Å². The van der Waals surface area contributed by atoms with Crippen LogP contribution in [0, 0.1) is 10.1 Å². The molecular formula is C12H8ClF2N3O3. The van der Waals surface area contributed by atoms with Crippen LogP contribution in [-0.2, 0) is 0 Å². The Morgan fingerprint density at radius 2 is 2.00 bits per heavy atom. The summed E-state index contributed by atoms with van der Waals surface area (Å²) < 4.78 is 29.0. The zero-order valence-corrected chi connectivity index (χ0v) is 11.1. The number of benzene rings is 1. The van der Waals surface area contributed by atoms with Crippen LogP contribution in [0.3, 0.4) is 0 Å². The maximum absolute atomic E-state index is 12.3. The van der Waals surface area contributed by atoms with E-state index in [9.17, 15) is 18.9 Å². The lowest BCUT2D eigenvalue weighted by atomic mass is 10.3. The molecule has 0 radical (unpaired) electrons. The summed E-state index contributed by atoms with van der Waals surface area (Å²) >= 11 is 5.69. The van der Waals surface area contributed by atoms with Gasteiger partial charge in [-0.2, -0.15) is 8.78 Å². The number of alkyl halides is 2. The second-order valence-electron chi connectivity index (χ2n) is 3.76. The van der Waals surface area contributed by atoms with Gasteiger partial charge in [0, 0.05) is 6.07 Å². The minimum Gasteiger partial charge on any atom is -0.433 e. The first-order chi connectivity index (χ1) is 9.97. The van der Waals surface area contributed by atoms with E-state index >= 15 is 0 Å². The minimum absolute atomic E-state index is 0.0235. The highest BCUT2D eigenvalue weighted by atomic mass is 35.5. The number of hydrogen-bond acceptors (Lipinski definition) is 5. The molecule has 2 rings (SSSR count). The molecule has 0 spiro atoms. The third kappa shape index (κ3) is 3.76. The monoisotopic (exact) mass is 315 g/mol. The summed E-state index contributed by atoms with van der Waals surface area (Å²) in [7, 11) is 0. The van der Waals surface area contributed by atoms with E-state index in [0.717, 1.165) is 6.07 Å². The molecule has 2 aromatic rings. The average molecular weight is 316 g/mol. The average Bonchev–Trinajstić information content (AvgIpc) is 2.40. The number of anilines is 2. The molecule has 1 heterocycles. The summed E-state index contributed by atoms with van der Waals surface area (Å²) in [4.78, 5) is 14.0. The Kier molecular flexibility index (Phi) is 4.49. The van der Waals surface area contributed by atoms with Crippen molar-refractivity contribution >= 4 is 28.8 Å². The molecule has 0 saturated carbocycles. The minimum atomic E-state index is -3.02. The topological polar surface area (TPSA) is 77.3 Å². The normalized spacial score (nSPS) is 10.5. The number of rotatable bonds is 5. The van der Waals surface area contributed by atoms with Gasteiger partial charge in [0.25, 0.3) is 0 Å². The van der Waals surface area contributed by atoms with Crippen LogP contribution in [0.1, 0.15) is 0 Å². The molecule has 0 aliphatic carbocycles. The molecule has 0 aliphatic heterocycles. The molecule has 6 nitrogen and oxygen atoms in total. The number of hydrogen-bond donors (Lipinski definition) is 1.